The number of pyridine rings is 1. The lowest BCUT2D eigenvalue weighted by atomic mass is 9.74. The van der Waals surface area contributed by atoms with Gasteiger partial charge in [0.1, 0.15) is 11.4 Å². The zero-order chi connectivity index (χ0) is 16.1. The lowest BCUT2D eigenvalue weighted by Gasteiger charge is -2.51. The van der Waals surface area contributed by atoms with Gasteiger partial charge in [0.2, 0.25) is 0 Å². The van der Waals surface area contributed by atoms with Gasteiger partial charge >= 0.3 is 0 Å². The molecule has 1 amide bonds. The largest absolute Gasteiger partial charge is 0.493 e. The summed E-state index contributed by atoms with van der Waals surface area (Å²) in [6.45, 7) is 2.09. The topological polar surface area (TPSA) is 71.1 Å². The molecule has 24 heavy (non-hydrogen) atoms. The van der Waals surface area contributed by atoms with Crippen molar-refractivity contribution in [2.24, 2.45) is 5.41 Å². The van der Waals surface area contributed by atoms with Crippen LogP contribution in [0.2, 0.25) is 0 Å². The number of para-hydroxylation sites is 1. The van der Waals surface area contributed by atoms with Crippen molar-refractivity contribution in [1.82, 2.24) is 20.1 Å². The summed E-state index contributed by atoms with van der Waals surface area (Å²) in [5.41, 5.74) is 2.37. The molecular formula is C18H16N4O2. The number of ether oxygens (including phenoxy) is 1. The minimum atomic E-state index is -0.0315. The standard InChI is InChI=1S/C18H16N4O2/c23-17(14-6-5-13-8-19-21-16(13)20-14)22-9-18(10-22)7-12-3-1-2-4-15(12)24-11-18/h1-6,8H,7,9-11H2,(H,19,20,21). The van der Waals surface area contributed by atoms with E-state index in [9.17, 15) is 4.79 Å². The summed E-state index contributed by atoms with van der Waals surface area (Å²) < 4.78 is 5.90. The highest BCUT2D eigenvalue weighted by Gasteiger charge is 2.48. The molecule has 0 bridgehead atoms. The first-order valence-electron chi connectivity index (χ1n) is 8.03. The number of carbonyl (C=O) groups excluding carboxylic acids is 1. The molecule has 1 N–H and O–H groups in total. The highest BCUT2D eigenvalue weighted by molar-refractivity contribution is 5.95. The fraction of sp³-hybridized carbons (Fsp3) is 0.278. The van der Waals surface area contributed by atoms with Crippen molar-refractivity contribution in [2.45, 2.75) is 6.42 Å². The van der Waals surface area contributed by atoms with Gasteiger partial charge in [-0.05, 0) is 30.2 Å². The molecule has 0 unspecified atom stereocenters. The molecule has 4 heterocycles. The van der Waals surface area contributed by atoms with Crippen LogP contribution in [0.5, 0.6) is 5.75 Å². The lowest BCUT2D eigenvalue weighted by Crippen LogP contribution is -2.62. The van der Waals surface area contributed by atoms with Crippen LogP contribution in [0, 0.1) is 5.41 Å². The Hall–Kier alpha value is -2.89. The summed E-state index contributed by atoms with van der Waals surface area (Å²) >= 11 is 0. The molecule has 120 valence electrons. The first-order chi connectivity index (χ1) is 11.7. The van der Waals surface area contributed by atoms with Crippen LogP contribution in [0.25, 0.3) is 11.0 Å². The maximum Gasteiger partial charge on any atom is 0.272 e. The average molecular weight is 320 g/mol. The average Bonchev–Trinajstić information content (AvgIpc) is 3.06. The predicted octanol–water partition coefficient (Wildman–Crippen LogP) is 2.04. The summed E-state index contributed by atoms with van der Waals surface area (Å²) in [6.07, 6.45) is 2.66. The van der Waals surface area contributed by atoms with Crippen LogP contribution in [0.4, 0.5) is 0 Å². The van der Waals surface area contributed by atoms with Crippen LogP contribution < -0.4 is 4.74 Å². The van der Waals surface area contributed by atoms with Gasteiger partial charge in [-0.2, -0.15) is 5.10 Å². The van der Waals surface area contributed by atoms with Gasteiger partial charge in [0.05, 0.1) is 12.8 Å². The number of aromatic nitrogens is 3. The number of amides is 1. The van der Waals surface area contributed by atoms with Gasteiger partial charge in [0.25, 0.3) is 5.91 Å². The lowest BCUT2D eigenvalue weighted by molar-refractivity contribution is -0.0293. The Morgan fingerprint density at radius 3 is 3.00 bits per heavy atom. The van der Waals surface area contributed by atoms with Crippen molar-refractivity contribution >= 4 is 16.9 Å². The normalized spacial score (nSPS) is 18.1. The number of fused-ring (bicyclic) bond motifs is 2. The Morgan fingerprint density at radius 2 is 2.08 bits per heavy atom. The number of hydrogen-bond acceptors (Lipinski definition) is 4. The fourth-order valence-electron chi connectivity index (χ4n) is 3.69. The van der Waals surface area contributed by atoms with E-state index in [1.165, 1.54) is 5.56 Å². The van der Waals surface area contributed by atoms with Gasteiger partial charge in [-0.3, -0.25) is 9.89 Å². The van der Waals surface area contributed by atoms with E-state index in [4.69, 9.17) is 4.74 Å². The van der Waals surface area contributed by atoms with Crippen molar-refractivity contribution in [2.75, 3.05) is 19.7 Å². The number of nitrogens with zero attached hydrogens (tertiary/aromatic N) is 3. The molecule has 3 aromatic rings. The molecule has 5 rings (SSSR count). The van der Waals surface area contributed by atoms with E-state index < -0.39 is 0 Å². The Labute approximate surface area is 138 Å². The van der Waals surface area contributed by atoms with E-state index in [0.717, 1.165) is 17.6 Å². The number of aromatic amines is 1. The second kappa shape index (κ2) is 4.80. The number of H-pyrrole nitrogens is 1. The Kier molecular flexibility index (Phi) is 2.71. The van der Waals surface area contributed by atoms with Crippen LogP contribution in [-0.4, -0.2) is 45.7 Å². The zero-order valence-corrected chi connectivity index (χ0v) is 13.0. The van der Waals surface area contributed by atoms with Gasteiger partial charge < -0.3 is 9.64 Å². The van der Waals surface area contributed by atoms with E-state index in [2.05, 4.69) is 21.2 Å². The van der Waals surface area contributed by atoms with E-state index in [0.29, 0.717) is 31.0 Å². The number of rotatable bonds is 1. The summed E-state index contributed by atoms with van der Waals surface area (Å²) in [5, 5.41) is 7.65. The molecule has 0 aliphatic carbocycles. The number of likely N-dealkylation sites (tertiary alicyclic amines) is 1. The number of hydrogen-bond donors (Lipinski definition) is 1. The first kappa shape index (κ1) is 13.5. The van der Waals surface area contributed by atoms with Crippen molar-refractivity contribution in [3.05, 3.63) is 53.9 Å². The molecular weight excluding hydrogens is 304 g/mol. The maximum atomic E-state index is 12.7. The maximum absolute atomic E-state index is 12.7. The predicted molar refractivity (Wildman–Crippen MR) is 87.9 cm³/mol. The molecule has 2 aliphatic heterocycles. The van der Waals surface area contributed by atoms with E-state index in [1.807, 2.05) is 29.2 Å². The molecule has 0 radical (unpaired) electrons. The van der Waals surface area contributed by atoms with Crippen molar-refractivity contribution in [1.29, 1.82) is 0 Å². The highest BCUT2D eigenvalue weighted by Crippen LogP contribution is 2.41. The minimum absolute atomic E-state index is 0.0315. The van der Waals surface area contributed by atoms with E-state index >= 15 is 0 Å². The Morgan fingerprint density at radius 1 is 1.21 bits per heavy atom. The summed E-state index contributed by atoms with van der Waals surface area (Å²) in [5.74, 6) is 0.940. The van der Waals surface area contributed by atoms with E-state index in [-0.39, 0.29) is 11.3 Å². The van der Waals surface area contributed by atoms with Crippen LogP contribution in [0.1, 0.15) is 16.1 Å². The minimum Gasteiger partial charge on any atom is -0.493 e. The van der Waals surface area contributed by atoms with Crippen LogP contribution >= 0.6 is 0 Å². The second-order valence-electron chi connectivity index (χ2n) is 6.74. The molecule has 1 saturated heterocycles. The quantitative estimate of drug-likeness (QED) is 0.745. The van der Waals surface area contributed by atoms with Crippen LogP contribution in [-0.2, 0) is 6.42 Å². The zero-order valence-electron chi connectivity index (χ0n) is 13.0. The monoisotopic (exact) mass is 320 g/mol. The van der Waals surface area contributed by atoms with Gasteiger partial charge in [0.15, 0.2) is 5.65 Å². The Bertz CT molecular complexity index is 943. The smallest absolute Gasteiger partial charge is 0.272 e. The second-order valence-corrected chi connectivity index (χ2v) is 6.74. The molecule has 0 atom stereocenters. The number of benzene rings is 1. The van der Waals surface area contributed by atoms with Gasteiger partial charge in [0, 0.05) is 23.9 Å². The molecule has 2 aromatic heterocycles. The molecule has 1 spiro atoms. The van der Waals surface area contributed by atoms with Gasteiger partial charge in [-0.15, -0.1) is 0 Å². The first-order valence-corrected chi connectivity index (χ1v) is 8.03. The SMILES string of the molecule is O=C(c1ccc2cn[nH]c2n1)N1CC2(COc3ccccc3C2)C1. The third-order valence-corrected chi connectivity index (χ3v) is 4.93. The molecule has 1 fully saturated rings. The van der Waals surface area contributed by atoms with E-state index in [1.54, 1.807) is 12.3 Å². The molecule has 0 saturated carbocycles. The van der Waals surface area contributed by atoms with Gasteiger partial charge in [-0.1, -0.05) is 18.2 Å². The van der Waals surface area contributed by atoms with Crippen molar-refractivity contribution in [3.8, 4) is 5.75 Å². The summed E-state index contributed by atoms with van der Waals surface area (Å²) in [6, 6.07) is 11.8. The summed E-state index contributed by atoms with van der Waals surface area (Å²) in [7, 11) is 0. The van der Waals surface area contributed by atoms with Gasteiger partial charge in [-0.25, -0.2) is 4.98 Å². The van der Waals surface area contributed by atoms with Crippen molar-refractivity contribution in [3.63, 3.8) is 0 Å². The Balaban J connectivity index is 1.33. The highest BCUT2D eigenvalue weighted by atomic mass is 16.5. The third kappa shape index (κ3) is 1.99. The number of nitrogens with one attached hydrogen (secondary N) is 1. The third-order valence-electron chi connectivity index (χ3n) is 4.93. The molecule has 6 nitrogen and oxygen atoms in total. The fourth-order valence-corrected chi connectivity index (χ4v) is 3.69. The van der Waals surface area contributed by atoms with Crippen LogP contribution in [0.3, 0.4) is 0 Å². The van der Waals surface area contributed by atoms with Crippen molar-refractivity contribution < 1.29 is 9.53 Å². The molecule has 2 aliphatic rings. The molecule has 6 heteroatoms. The van der Waals surface area contributed by atoms with Crippen LogP contribution in [0.15, 0.2) is 42.6 Å². The molecule has 1 aromatic carbocycles. The summed E-state index contributed by atoms with van der Waals surface area (Å²) in [4.78, 5) is 18.9. The number of carbonyl (C=O) groups is 1.